The number of hydrogen-bond donors (Lipinski definition) is 1. The van der Waals surface area contributed by atoms with Crippen LogP contribution in [-0.4, -0.2) is 16.5 Å². The van der Waals surface area contributed by atoms with E-state index in [1.54, 1.807) is 30.4 Å². The van der Waals surface area contributed by atoms with E-state index in [9.17, 15) is 14.9 Å². The van der Waals surface area contributed by atoms with E-state index in [0.717, 1.165) is 17.5 Å². The van der Waals surface area contributed by atoms with Crippen molar-refractivity contribution in [1.29, 1.82) is 0 Å². The van der Waals surface area contributed by atoms with Gasteiger partial charge < -0.3 is 0 Å². The molecule has 0 radical (unpaired) electrons. The minimum atomic E-state index is -0.419. The van der Waals surface area contributed by atoms with Gasteiger partial charge in [0.1, 0.15) is 0 Å². The summed E-state index contributed by atoms with van der Waals surface area (Å²) in [5.41, 5.74) is 5.64. The number of nitro groups is 1. The maximum absolute atomic E-state index is 12.6. The molecule has 0 saturated heterocycles. The highest BCUT2D eigenvalue weighted by Crippen LogP contribution is 2.47. The molecular formula is C25H21N3O3. The van der Waals surface area contributed by atoms with Crippen LogP contribution < -0.4 is 5.43 Å². The van der Waals surface area contributed by atoms with E-state index in [0.29, 0.717) is 11.3 Å². The van der Waals surface area contributed by atoms with Gasteiger partial charge in [-0.05, 0) is 36.1 Å². The highest BCUT2D eigenvalue weighted by molar-refractivity contribution is 6.11. The zero-order chi connectivity index (χ0) is 21.6. The molecule has 3 aromatic rings. The van der Waals surface area contributed by atoms with Gasteiger partial charge in [-0.3, -0.25) is 14.9 Å². The molecule has 0 spiro atoms. The summed E-state index contributed by atoms with van der Waals surface area (Å²) in [5, 5.41) is 15.6. The molecule has 1 amide bonds. The summed E-state index contributed by atoms with van der Waals surface area (Å²) < 4.78 is 0. The first kappa shape index (κ1) is 20.2. The van der Waals surface area contributed by atoms with Gasteiger partial charge in [0.05, 0.1) is 16.2 Å². The summed E-state index contributed by atoms with van der Waals surface area (Å²) in [7, 11) is 0. The number of nitro benzene ring substituents is 1. The van der Waals surface area contributed by atoms with Crippen molar-refractivity contribution in [2.24, 2.45) is 11.0 Å². The van der Waals surface area contributed by atoms with E-state index in [4.69, 9.17) is 0 Å². The number of para-hydroxylation sites is 1. The van der Waals surface area contributed by atoms with Crippen molar-refractivity contribution < 1.29 is 9.72 Å². The number of benzene rings is 3. The largest absolute Gasteiger partial charge is 0.276 e. The first-order valence-electron chi connectivity index (χ1n) is 10.0. The molecule has 1 aliphatic rings. The average Bonchev–Trinajstić information content (AvgIpc) is 3.61. The predicted molar refractivity (Wildman–Crippen MR) is 121 cm³/mol. The first-order chi connectivity index (χ1) is 15.1. The molecule has 0 bridgehead atoms. The summed E-state index contributed by atoms with van der Waals surface area (Å²) in [6.45, 7) is 0. The van der Waals surface area contributed by atoms with E-state index in [1.165, 1.54) is 6.07 Å². The van der Waals surface area contributed by atoms with Crippen LogP contribution in [0.1, 0.15) is 29.0 Å². The van der Waals surface area contributed by atoms with Crippen LogP contribution in [0.2, 0.25) is 0 Å². The lowest BCUT2D eigenvalue weighted by atomic mass is 10.1. The lowest BCUT2D eigenvalue weighted by molar-refractivity contribution is -0.385. The van der Waals surface area contributed by atoms with Crippen LogP contribution >= 0.6 is 0 Å². The molecular weight excluding hydrogens is 390 g/mol. The standard InChI is InChI=1S/C25H21N3O3/c29-25(22-17-21(22)18-9-3-1-4-10-18)27-26-23(19-11-5-2-6-12-19)16-15-20-13-7-8-14-24(20)28(30)31/h1-16,21-22H,17H2,(H,27,29)/b16-15+,26-23+/t21-,22+/m1/s1. The highest BCUT2D eigenvalue weighted by atomic mass is 16.6. The van der Waals surface area contributed by atoms with Gasteiger partial charge in [0, 0.05) is 17.5 Å². The third-order valence-electron chi connectivity index (χ3n) is 5.27. The maximum atomic E-state index is 12.6. The molecule has 1 aliphatic carbocycles. The minimum Gasteiger partial charge on any atom is -0.273 e. The van der Waals surface area contributed by atoms with Crippen LogP contribution in [0.15, 0.2) is 96.1 Å². The minimum absolute atomic E-state index is 0.0129. The second kappa shape index (κ2) is 9.17. The predicted octanol–water partition coefficient (Wildman–Crippen LogP) is 4.93. The van der Waals surface area contributed by atoms with E-state index in [2.05, 4.69) is 10.5 Å². The van der Waals surface area contributed by atoms with Gasteiger partial charge in [0.2, 0.25) is 5.91 Å². The SMILES string of the molecule is O=C(N/N=C(\C=C\c1ccccc1[N+](=O)[O-])c1ccccc1)[C@H]1C[C@@H]1c1ccccc1. The molecule has 0 aromatic heterocycles. The van der Waals surface area contributed by atoms with E-state index < -0.39 is 4.92 Å². The van der Waals surface area contributed by atoms with Crippen molar-refractivity contribution in [2.45, 2.75) is 12.3 Å². The van der Waals surface area contributed by atoms with Gasteiger partial charge in [-0.15, -0.1) is 0 Å². The van der Waals surface area contributed by atoms with Crippen LogP contribution in [0, 0.1) is 16.0 Å². The number of amides is 1. The van der Waals surface area contributed by atoms with Gasteiger partial charge in [0.25, 0.3) is 5.69 Å². The van der Waals surface area contributed by atoms with Crippen molar-refractivity contribution in [2.75, 3.05) is 0 Å². The fourth-order valence-electron chi connectivity index (χ4n) is 3.52. The summed E-state index contributed by atoms with van der Waals surface area (Å²) in [4.78, 5) is 23.5. The molecule has 1 fully saturated rings. The summed E-state index contributed by atoms with van der Waals surface area (Å²) in [6, 6.07) is 25.9. The van der Waals surface area contributed by atoms with Gasteiger partial charge in [-0.25, -0.2) is 5.43 Å². The maximum Gasteiger partial charge on any atom is 0.276 e. The van der Waals surface area contributed by atoms with Crippen LogP contribution in [0.5, 0.6) is 0 Å². The molecule has 154 valence electrons. The fourth-order valence-corrected chi connectivity index (χ4v) is 3.52. The lowest BCUT2D eigenvalue weighted by Crippen LogP contribution is -2.21. The van der Waals surface area contributed by atoms with Crippen LogP contribution in [0.4, 0.5) is 5.69 Å². The van der Waals surface area contributed by atoms with Crippen LogP contribution in [-0.2, 0) is 4.79 Å². The molecule has 4 rings (SSSR count). The molecule has 3 aromatic carbocycles. The normalized spacial score (nSPS) is 18.0. The molecule has 1 N–H and O–H groups in total. The molecule has 0 heterocycles. The fraction of sp³-hybridized carbons (Fsp3) is 0.120. The second-order valence-electron chi connectivity index (χ2n) is 7.35. The van der Waals surface area contributed by atoms with E-state index in [-0.39, 0.29) is 23.4 Å². The molecule has 6 nitrogen and oxygen atoms in total. The Labute approximate surface area is 180 Å². The number of rotatable bonds is 7. The molecule has 2 atom stereocenters. The number of nitrogens with one attached hydrogen (secondary N) is 1. The number of nitrogens with zero attached hydrogens (tertiary/aromatic N) is 2. The molecule has 1 saturated carbocycles. The number of carbonyl (C=O) groups is 1. The molecule has 0 aliphatic heterocycles. The Morgan fingerprint density at radius 3 is 2.32 bits per heavy atom. The number of hydrogen-bond acceptors (Lipinski definition) is 4. The summed E-state index contributed by atoms with van der Waals surface area (Å²) >= 11 is 0. The van der Waals surface area contributed by atoms with Gasteiger partial charge in [0.15, 0.2) is 0 Å². The lowest BCUT2D eigenvalue weighted by Gasteiger charge is -2.04. The second-order valence-corrected chi connectivity index (χ2v) is 7.35. The number of allylic oxidation sites excluding steroid dienone is 1. The quantitative estimate of drug-likeness (QED) is 0.340. The number of hydrazone groups is 1. The van der Waals surface area contributed by atoms with Crippen molar-refractivity contribution in [3.63, 3.8) is 0 Å². The summed E-state index contributed by atoms with van der Waals surface area (Å²) in [6.07, 6.45) is 4.12. The third-order valence-corrected chi connectivity index (χ3v) is 5.27. The Hall–Kier alpha value is -4.06. The van der Waals surface area contributed by atoms with Crippen molar-refractivity contribution in [3.8, 4) is 0 Å². The monoisotopic (exact) mass is 411 g/mol. The van der Waals surface area contributed by atoms with Gasteiger partial charge >= 0.3 is 0 Å². The molecule has 0 unspecified atom stereocenters. The Bertz CT molecular complexity index is 1140. The smallest absolute Gasteiger partial charge is 0.273 e. The first-order valence-corrected chi connectivity index (χ1v) is 10.0. The summed E-state index contributed by atoms with van der Waals surface area (Å²) in [5.74, 6) is 0.00262. The Morgan fingerprint density at radius 2 is 1.61 bits per heavy atom. The zero-order valence-electron chi connectivity index (χ0n) is 16.7. The Kier molecular flexibility index (Phi) is 5.98. The van der Waals surface area contributed by atoms with Crippen molar-refractivity contribution in [3.05, 3.63) is 118 Å². The van der Waals surface area contributed by atoms with Crippen LogP contribution in [0.3, 0.4) is 0 Å². The Balaban J connectivity index is 1.53. The topological polar surface area (TPSA) is 84.6 Å². The van der Waals surface area contributed by atoms with E-state index >= 15 is 0 Å². The van der Waals surface area contributed by atoms with Gasteiger partial charge in [-0.2, -0.15) is 5.10 Å². The zero-order valence-corrected chi connectivity index (χ0v) is 16.7. The Morgan fingerprint density at radius 1 is 0.968 bits per heavy atom. The highest BCUT2D eigenvalue weighted by Gasteiger charge is 2.43. The number of carbonyl (C=O) groups excluding carboxylic acids is 1. The molecule has 6 heteroatoms. The van der Waals surface area contributed by atoms with E-state index in [1.807, 2.05) is 60.7 Å². The van der Waals surface area contributed by atoms with Crippen molar-refractivity contribution >= 4 is 23.4 Å². The van der Waals surface area contributed by atoms with Gasteiger partial charge in [-0.1, -0.05) is 72.8 Å². The average molecular weight is 411 g/mol. The van der Waals surface area contributed by atoms with Crippen molar-refractivity contribution in [1.82, 2.24) is 5.43 Å². The van der Waals surface area contributed by atoms with Crippen LogP contribution in [0.25, 0.3) is 6.08 Å². The molecule has 31 heavy (non-hydrogen) atoms. The third kappa shape index (κ3) is 4.93.